The van der Waals surface area contributed by atoms with Crippen LogP contribution in [0, 0.1) is 11.8 Å². The summed E-state index contributed by atoms with van der Waals surface area (Å²) in [7, 11) is 0. The fraction of sp³-hybridized carbons (Fsp3) is 0.0526. The molecule has 2 atom stereocenters. The van der Waals surface area contributed by atoms with Crippen molar-refractivity contribution in [3.63, 3.8) is 0 Å². The first-order valence-corrected chi connectivity index (χ1v) is 15.3. The van der Waals surface area contributed by atoms with Gasteiger partial charge in [-0.1, -0.05) is 141 Å². The Hall–Kier alpha value is -3.72. The van der Waals surface area contributed by atoms with E-state index < -0.39 is 0 Å². The molecule has 9 rings (SSSR count). The summed E-state index contributed by atoms with van der Waals surface area (Å²) in [4.78, 5) is 0. The minimum atomic E-state index is 0.236. The van der Waals surface area contributed by atoms with Crippen molar-refractivity contribution in [1.82, 2.24) is 0 Å². The molecule has 0 aromatic heterocycles. The summed E-state index contributed by atoms with van der Waals surface area (Å²) >= 11 is 7.77. The molecule has 0 heterocycles. The fourth-order valence-electron chi connectivity index (χ4n) is 7.65. The van der Waals surface area contributed by atoms with Gasteiger partial charge in [-0.2, -0.15) is 0 Å². The second kappa shape index (κ2) is 8.39. The molecule has 188 valence electrons. The lowest BCUT2D eigenvalue weighted by Gasteiger charge is -2.26. The highest BCUT2D eigenvalue weighted by molar-refractivity contribution is 9.12. The number of allylic oxidation sites excluding steroid dienone is 16. The molecule has 0 saturated carbocycles. The Morgan fingerprint density at radius 1 is 0.425 bits per heavy atom. The topological polar surface area (TPSA) is 0 Å². The molecule has 0 spiro atoms. The maximum Gasteiger partial charge on any atom is 0.0363 e. The monoisotopic (exact) mass is 636 g/mol. The lowest BCUT2D eigenvalue weighted by molar-refractivity contribution is 1.05. The smallest absolute Gasteiger partial charge is 0.0363 e. The van der Waals surface area contributed by atoms with Gasteiger partial charge in [-0.25, -0.2) is 0 Å². The number of hydrogen-bond donors (Lipinski definition) is 0. The van der Waals surface area contributed by atoms with Gasteiger partial charge in [0.15, 0.2) is 0 Å². The van der Waals surface area contributed by atoms with Gasteiger partial charge >= 0.3 is 0 Å². The van der Waals surface area contributed by atoms with Gasteiger partial charge in [0, 0.05) is 20.8 Å². The van der Waals surface area contributed by atoms with Crippen LogP contribution in [0.15, 0.2) is 142 Å². The second-order valence-electron chi connectivity index (χ2n) is 11.0. The molecular formula is C38H22Br2. The number of fused-ring (bicyclic) bond motifs is 4. The van der Waals surface area contributed by atoms with Crippen molar-refractivity contribution in [2.75, 3.05) is 0 Å². The highest BCUT2D eigenvalue weighted by Gasteiger charge is 2.43. The minimum Gasteiger partial charge on any atom is -0.0622 e. The molecule has 2 heteroatoms. The molecule has 0 amide bonds. The SMILES string of the molecule is BrC1=CC=C2c3c(-c4ccccc4)c4c(c(-c5ccccc5)c3=C3C=CC=C1C23)C1=CC=C(Br)C2=CC=CC=4C21. The van der Waals surface area contributed by atoms with Crippen LogP contribution in [0.4, 0.5) is 0 Å². The van der Waals surface area contributed by atoms with Crippen LogP contribution >= 0.6 is 31.9 Å². The van der Waals surface area contributed by atoms with Crippen molar-refractivity contribution in [3.8, 4) is 22.3 Å². The first kappa shape index (κ1) is 23.0. The predicted octanol–water partition coefficient (Wildman–Crippen LogP) is 8.93. The number of halogens is 2. The maximum atomic E-state index is 3.89. The second-order valence-corrected chi connectivity index (χ2v) is 12.7. The van der Waals surface area contributed by atoms with E-state index in [-0.39, 0.29) is 11.8 Å². The average Bonchev–Trinajstić information content (AvgIpc) is 3.51. The Bertz CT molecular complexity index is 1940. The van der Waals surface area contributed by atoms with E-state index in [0.29, 0.717) is 0 Å². The Morgan fingerprint density at radius 3 is 1.27 bits per heavy atom. The molecule has 0 bridgehead atoms. The third kappa shape index (κ3) is 2.91. The summed E-state index contributed by atoms with van der Waals surface area (Å²) < 4.78 is 2.35. The summed E-state index contributed by atoms with van der Waals surface area (Å²) in [5, 5.41) is 2.78. The van der Waals surface area contributed by atoms with Gasteiger partial charge in [-0.15, -0.1) is 0 Å². The summed E-state index contributed by atoms with van der Waals surface area (Å²) in [6.07, 6.45) is 22.9. The van der Waals surface area contributed by atoms with Crippen LogP contribution in [0.25, 0.3) is 44.5 Å². The Labute approximate surface area is 250 Å². The van der Waals surface area contributed by atoms with Crippen LogP contribution in [0.2, 0.25) is 0 Å². The third-order valence-electron chi connectivity index (χ3n) is 9.12. The van der Waals surface area contributed by atoms with Crippen LogP contribution in [-0.2, 0) is 0 Å². The molecule has 0 N–H and O–H groups in total. The van der Waals surface area contributed by atoms with E-state index in [1.54, 1.807) is 0 Å². The zero-order chi connectivity index (χ0) is 26.5. The summed E-state index contributed by atoms with van der Waals surface area (Å²) in [6, 6.07) is 22.1. The van der Waals surface area contributed by atoms with Crippen molar-refractivity contribution in [1.29, 1.82) is 0 Å². The summed E-state index contributed by atoms with van der Waals surface area (Å²) in [5.41, 5.74) is 16.4. The van der Waals surface area contributed by atoms with Crippen molar-refractivity contribution in [2.24, 2.45) is 11.8 Å². The van der Waals surface area contributed by atoms with E-state index in [1.165, 1.54) is 86.2 Å². The Balaban J connectivity index is 1.57. The van der Waals surface area contributed by atoms with Crippen molar-refractivity contribution < 1.29 is 0 Å². The molecule has 0 saturated heterocycles. The highest BCUT2D eigenvalue weighted by Crippen LogP contribution is 2.54. The lowest BCUT2D eigenvalue weighted by atomic mass is 9.79. The molecule has 3 aromatic rings. The third-order valence-corrected chi connectivity index (χ3v) is 10.6. The van der Waals surface area contributed by atoms with E-state index in [9.17, 15) is 0 Å². The molecule has 3 aromatic carbocycles. The van der Waals surface area contributed by atoms with Gasteiger partial charge in [0.2, 0.25) is 0 Å². The largest absolute Gasteiger partial charge is 0.0622 e. The van der Waals surface area contributed by atoms with Crippen LogP contribution in [-0.4, -0.2) is 0 Å². The van der Waals surface area contributed by atoms with Gasteiger partial charge in [-0.3, -0.25) is 0 Å². The van der Waals surface area contributed by atoms with Crippen molar-refractivity contribution >= 4 is 54.2 Å². The van der Waals surface area contributed by atoms with Gasteiger partial charge in [0.05, 0.1) is 0 Å². The molecule has 2 unspecified atom stereocenters. The van der Waals surface area contributed by atoms with Crippen LogP contribution in [0.3, 0.4) is 0 Å². The predicted molar refractivity (Wildman–Crippen MR) is 175 cm³/mol. The van der Waals surface area contributed by atoms with E-state index in [2.05, 4.69) is 153 Å². The number of benzene rings is 3. The molecule has 0 aliphatic heterocycles. The first-order valence-electron chi connectivity index (χ1n) is 13.7. The average molecular weight is 638 g/mol. The molecule has 6 aliphatic carbocycles. The van der Waals surface area contributed by atoms with E-state index in [4.69, 9.17) is 0 Å². The lowest BCUT2D eigenvalue weighted by Crippen LogP contribution is -2.24. The number of hydrogen-bond acceptors (Lipinski definition) is 0. The van der Waals surface area contributed by atoms with Crippen LogP contribution in [0.5, 0.6) is 0 Å². The standard InChI is InChI=1S/C38H22Br2/c39-29-19-17-27-34-24(29)14-8-16-26(34)36-32(22-11-5-2-6-12-22)38-28-18-20-30(40)23-13-7-15-25(33(23)28)35(38)31(37(27)36)21-9-3-1-4-10-21/h1-20,33-34H. The molecule has 40 heavy (non-hydrogen) atoms. The molecule has 0 fully saturated rings. The van der Waals surface area contributed by atoms with E-state index >= 15 is 0 Å². The number of rotatable bonds is 2. The maximum absolute atomic E-state index is 3.89. The highest BCUT2D eigenvalue weighted by atomic mass is 79.9. The Kier molecular flexibility index (Phi) is 4.83. The Morgan fingerprint density at radius 2 is 0.850 bits per heavy atom. The summed E-state index contributed by atoms with van der Waals surface area (Å²) in [6.45, 7) is 0. The zero-order valence-corrected chi connectivity index (χ0v) is 24.6. The van der Waals surface area contributed by atoms with Crippen LogP contribution in [0.1, 0.15) is 11.1 Å². The summed E-state index contributed by atoms with van der Waals surface area (Å²) in [5.74, 6) is 0.471. The molecule has 6 aliphatic rings. The quantitative estimate of drug-likeness (QED) is 0.263. The molecule has 0 radical (unpaired) electrons. The zero-order valence-electron chi connectivity index (χ0n) is 21.5. The minimum absolute atomic E-state index is 0.236. The van der Waals surface area contributed by atoms with Crippen molar-refractivity contribution in [2.45, 2.75) is 0 Å². The normalized spacial score (nSPS) is 22.4. The van der Waals surface area contributed by atoms with Crippen LogP contribution < -0.4 is 10.4 Å². The van der Waals surface area contributed by atoms with Gasteiger partial charge in [-0.05, 0) is 89.4 Å². The van der Waals surface area contributed by atoms with Gasteiger partial charge < -0.3 is 0 Å². The molecule has 0 nitrogen and oxygen atoms in total. The first-order chi connectivity index (χ1) is 19.7. The van der Waals surface area contributed by atoms with E-state index in [1.807, 2.05) is 0 Å². The molecular weight excluding hydrogens is 616 g/mol. The van der Waals surface area contributed by atoms with E-state index in [0.717, 1.165) is 0 Å². The van der Waals surface area contributed by atoms with Gasteiger partial charge in [0.25, 0.3) is 0 Å². The van der Waals surface area contributed by atoms with Crippen molar-refractivity contribution in [3.05, 3.63) is 163 Å². The van der Waals surface area contributed by atoms with Gasteiger partial charge in [0.1, 0.15) is 0 Å². The fourth-order valence-corrected chi connectivity index (χ4v) is 8.64.